The molecule has 0 radical (unpaired) electrons. The van der Waals surface area contributed by atoms with Crippen molar-refractivity contribution >= 4 is 17.7 Å². The third-order valence-electron chi connectivity index (χ3n) is 3.17. The van der Waals surface area contributed by atoms with Gasteiger partial charge in [0.25, 0.3) is 0 Å². The molecular formula is C13H16O4S. The molecule has 1 aromatic rings. The van der Waals surface area contributed by atoms with Crippen molar-refractivity contribution in [2.45, 2.75) is 25.0 Å². The molecule has 0 saturated carbocycles. The molecule has 0 amide bonds. The van der Waals surface area contributed by atoms with Gasteiger partial charge in [-0.05, 0) is 31.0 Å². The van der Waals surface area contributed by atoms with Crippen molar-refractivity contribution in [3.8, 4) is 11.5 Å². The molecule has 0 aliphatic carbocycles. The van der Waals surface area contributed by atoms with E-state index in [4.69, 9.17) is 14.6 Å². The second kappa shape index (κ2) is 5.10. The van der Waals surface area contributed by atoms with Gasteiger partial charge in [0.15, 0.2) is 11.5 Å². The van der Waals surface area contributed by atoms with Crippen molar-refractivity contribution in [2.24, 2.45) is 0 Å². The normalized spacial score (nSPS) is 16.3. The zero-order valence-corrected chi connectivity index (χ0v) is 11.3. The van der Waals surface area contributed by atoms with Crippen LogP contribution in [-0.4, -0.2) is 23.6 Å². The van der Waals surface area contributed by atoms with Gasteiger partial charge in [0.05, 0.1) is 5.75 Å². The van der Waals surface area contributed by atoms with E-state index in [2.05, 4.69) is 13.8 Å². The SMILES string of the molecule is CCC(C)(SCC(=O)O)c1ccc2c(c1)OCO2. The number of benzene rings is 1. The highest BCUT2D eigenvalue weighted by atomic mass is 32.2. The molecule has 0 bridgehead atoms. The Bertz CT molecular complexity index is 460. The van der Waals surface area contributed by atoms with Gasteiger partial charge in [0.2, 0.25) is 6.79 Å². The Hall–Kier alpha value is -1.36. The molecule has 1 aromatic carbocycles. The van der Waals surface area contributed by atoms with Gasteiger partial charge in [-0.3, -0.25) is 4.79 Å². The summed E-state index contributed by atoms with van der Waals surface area (Å²) in [4.78, 5) is 10.7. The smallest absolute Gasteiger partial charge is 0.313 e. The molecule has 1 atom stereocenters. The van der Waals surface area contributed by atoms with Crippen LogP contribution in [0.5, 0.6) is 11.5 Å². The molecule has 0 fully saturated rings. The summed E-state index contributed by atoms with van der Waals surface area (Å²) >= 11 is 1.43. The third-order valence-corrected chi connectivity index (χ3v) is 4.72. The minimum absolute atomic E-state index is 0.0960. The van der Waals surface area contributed by atoms with Crippen LogP contribution in [0.25, 0.3) is 0 Å². The molecule has 1 heterocycles. The van der Waals surface area contributed by atoms with Crippen LogP contribution >= 0.6 is 11.8 Å². The second-order valence-electron chi connectivity index (χ2n) is 4.33. The number of fused-ring (bicyclic) bond motifs is 1. The standard InChI is InChI=1S/C13H16O4S/c1-3-13(2,18-7-12(14)15)9-4-5-10-11(6-9)17-8-16-10/h4-6H,3,7-8H2,1-2H3,(H,14,15). The summed E-state index contributed by atoms with van der Waals surface area (Å²) < 4.78 is 10.4. The Kier molecular flexibility index (Phi) is 3.71. The lowest BCUT2D eigenvalue weighted by Crippen LogP contribution is -2.18. The van der Waals surface area contributed by atoms with Crippen LogP contribution < -0.4 is 9.47 Å². The van der Waals surface area contributed by atoms with Crippen molar-refractivity contribution < 1.29 is 19.4 Å². The Morgan fingerprint density at radius 3 is 2.83 bits per heavy atom. The first-order valence-corrected chi connectivity index (χ1v) is 6.79. The van der Waals surface area contributed by atoms with E-state index < -0.39 is 5.97 Å². The molecule has 0 saturated heterocycles. The fraction of sp³-hybridized carbons (Fsp3) is 0.462. The van der Waals surface area contributed by atoms with Crippen LogP contribution in [0.1, 0.15) is 25.8 Å². The number of carboxylic acids is 1. The topological polar surface area (TPSA) is 55.8 Å². The molecule has 1 N–H and O–H groups in total. The minimum atomic E-state index is -0.791. The van der Waals surface area contributed by atoms with E-state index in [0.717, 1.165) is 23.5 Å². The van der Waals surface area contributed by atoms with Gasteiger partial charge in [0.1, 0.15) is 0 Å². The van der Waals surface area contributed by atoms with Gasteiger partial charge in [-0.1, -0.05) is 13.0 Å². The van der Waals surface area contributed by atoms with Gasteiger partial charge in [-0.25, -0.2) is 0 Å². The average molecular weight is 268 g/mol. The van der Waals surface area contributed by atoms with Gasteiger partial charge < -0.3 is 14.6 Å². The first-order chi connectivity index (χ1) is 8.55. The van der Waals surface area contributed by atoms with E-state index in [-0.39, 0.29) is 17.3 Å². The molecule has 98 valence electrons. The molecule has 5 heteroatoms. The van der Waals surface area contributed by atoms with Gasteiger partial charge in [-0.2, -0.15) is 0 Å². The van der Waals surface area contributed by atoms with Crippen molar-refractivity contribution in [1.82, 2.24) is 0 Å². The third kappa shape index (κ3) is 2.56. The molecule has 4 nitrogen and oxygen atoms in total. The molecular weight excluding hydrogens is 252 g/mol. The number of hydrogen-bond acceptors (Lipinski definition) is 4. The van der Waals surface area contributed by atoms with Crippen molar-refractivity contribution in [3.05, 3.63) is 23.8 Å². The van der Waals surface area contributed by atoms with E-state index in [1.807, 2.05) is 18.2 Å². The Morgan fingerprint density at radius 2 is 2.17 bits per heavy atom. The zero-order valence-electron chi connectivity index (χ0n) is 10.4. The van der Waals surface area contributed by atoms with E-state index in [0.29, 0.717) is 0 Å². The summed E-state index contributed by atoms with van der Waals surface area (Å²) in [5, 5.41) is 8.81. The Balaban J connectivity index is 2.23. The van der Waals surface area contributed by atoms with Crippen LogP contribution in [0, 0.1) is 0 Å². The molecule has 0 aromatic heterocycles. The summed E-state index contributed by atoms with van der Waals surface area (Å²) in [6.45, 7) is 4.36. The fourth-order valence-electron chi connectivity index (χ4n) is 1.84. The monoisotopic (exact) mass is 268 g/mol. The maximum Gasteiger partial charge on any atom is 0.313 e. The number of thioether (sulfide) groups is 1. The lowest BCUT2D eigenvalue weighted by molar-refractivity contribution is -0.133. The summed E-state index contributed by atoms with van der Waals surface area (Å²) in [6.07, 6.45) is 0.852. The van der Waals surface area contributed by atoms with Gasteiger partial charge in [-0.15, -0.1) is 11.8 Å². The molecule has 2 rings (SSSR count). The minimum Gasteiger partial charge on any atom is -0.481 e. The molecule has 0 spiro atoms. The zero-order chi connectivity index (χ0) is 13.2. The maximum absolute atomic E-state index is 10.7. The predicted octanol–water partition coefficient (Wildman–Crippen LogP) is 2.86. The lowest BCUT2D eigenvalue weighted by Gasteiger charge is -2.27. The molecule has 1 aliphatic rings. The second-order valence-corrected chi connectivity index (χ2v) is 5.81. The van der Waals surface area contributed by atoms with E-state index in [1.165, 1.54) is 11.8 Å². The average Bonchev–Trinajstić information content (AvgIpc) is 2.83. The fourth-order valence-corrected chi connectivity index (χ4v) is 2.78. The highest BCUT2D eigenvalue weighted by Gasteiger charge is 2.28. The maximum atomic E-state index is 10.7. The number of ether oxygens (including phenoxy) is 2. The van der Waals surface area contributed by atoms with E-state index >= 15 is 0 Å². The van der Waals surface area contributed by atoms with Gasteiger partial charge in [0, 0.05) is 4.75 Å². The Morgan fingerprint density at radius 1 is 1.44 bits per heavy atom. The first-order valence-electron chi connectivity index (χ1n) is 5.81. The number of carbonyl (C=O) groups is 1. The quantitative estimate of drug-likeness (QED) is 0.890. The first kappa shape index (κ1) is 13.1. The summed E-state index contributed by atoms with van der Waals surface area (Å²) in [6, 6.07) is 5.81. The summed E-state index contributed by atoms with van der Waals surface area (Å²) in [5.41, 5.74) is 1.07. The molecule has 1 aliphatic heterocycles. The highest BCUT2D eigenvalue weighted by molar-refractivity contribution is 8.00. The van der Waals surface area contributed by atoms with Crippen molar-refractivity contribution in [3.63, 3.8) is 0 Å². The highest BCUT2D eigenvalue weighted by Crippen LogP contribution is 2.43. The van der Waals surface area contributed by atoms with Crippen molar-refractivity contribution in [2.75, 3.05) is 12.5 Å². The van der Waals surface area contributed by atoms with Crippen LogP contribution in [-0.2, 0) is 9.54 Å². The van der Waals surface area contributed by atoms with Crippen LogP contribution in [0.15, 0.2) is 18.2 Å². The van der Waals surface area contributed by atoms with E-state index in [1.54, 1.807) is 0 Å². The number of carboxylic acid groups (broad SMARTS) is 1. The Labute approximate surface area is 110 Å². The number of aliphatic carboxylic acids is 1. The lowest BCUT2D eigenvalue weighted by atomic mass is 9.97. The van der Waals surface area contributed by atoms with E-state index in [9.17, 15) is 4.79 Å². The van der Waals surface area contributed by atoms with Crippen molar-refractivity contribution in [1.29, 1.82) is 0 Å². The van der Waals surface area contributed by atoms with Crippen LogP contribution in [0.2, 0.25) is 0 Å². The largest absolute Gasteiger partial charge is 0.481 e. The molecule has 18 heavy (non-hydrogen) atoms. The molecule has 1 unspecified atom stereocenters. The predicted molar refractivity (Wildman–Crippen MR) is 70.3 cm³/mol. The number of hydrogen-bond donors (Lipinski definition) is 1. The van der Waals surface area contributed by atoms with Crippen LogP contribution in [0.3, 0.4) is 0 Å². The van der Waals surface area contributed by atoms with Crippen LogP contribution in [0.4, 0.5) is 0 Å². The van der Waals surface area contributed by atoms with Gasteiger partial charge >= 0.3 is 5.97 Å². The summed E-state index contributed by atoms with van der Waals surface area (Å²) in [7, 11) is 0. The summed E-state index contributed by atoms with van der Waals surface area (Å²) in [5.74, 6) is 0.794. The number of rotatable bonds is 5.